The number of halogens is 4. The SMILES string of the molecule is O=C(O)C(F)(F)F.O=c1[nH]c2ccccc2cc1Cl. The summed E-state index contributed by atoms with van der Waals surface area (Å²) in [6.07, 6.45) is -5.08. The molecule has 0 bridgehead atoms. The fraction of sp³-hybridized carbons (Fsp3) is 0.0909. The topological polar surface area (TPSA) is 70.2 Å². The van der Waals surface area contributed by atoms with Gasteiger partial charge in [-0.15, -0.1) is 0 Å². The van der Waals surface area contributed by atoms with Crippen LogP contribution < -0.4 is 5.56 Å². The molecule has 0 saturated heterocycles. The van der Waals surface area contributed by atoms with Gasteiger partial charge in [-0.05, 0) is 17.5 Å². The first-order valence-electron chi connectivity index (χ1n) is 4.79. The van der Waals surface area contributed by atoms with Crippen molar-refractivity contribution in [2.24, 2.45) is 0 Å². The second-order valence-corrected chi connectivity index (χ2v) is 3.74. The van der Waals surface area contributed by atoms with Crippen LogP contribution in [0.1, 0.15) is 0 Å². The largest absolute Gasteiger partial charge is 0.490 e. The van der Waals surface area contributed by atoms with Gasteiger partial charge in [0.25, 0.3) is 5.56 Å². The molecule has 1 aromatic heterocycles. The molecule has 2 N–H and O–H groups in total. The Morgan fingerprint density at radius 3 is 2.32 bits per heavy atom. The lowest BCUT2D eigenvalue weighted by molar-refractivity contribution is -0.192. The molecule has 0 spiro atoms. The van der Waals surface area contributed by atoms with Gasteiger partial charge in [0.15, 0.2) is 0 Å². The molecule has 0 saturated carbocycles. The summed E-state index contributed by atoms with van der Waals surface area (Å²) < 4.78 is 31.7. The summed E-state index contributed by atoms with van der Waals surface area (Å²) in [7, 11) is 0. The van der Waals surface area contributed by atoms with Gasteiger partial charge in [0.2, 0.25) is 0 Å². The molecule has 0 aliphatic rings. The van der Waals surface area contributed by atoms with E-state index in [-0.39, 0.29) is 10.6 Å². The van der Waals surface area contributed by atoms with Gasteiger partial charge in [-0.1, -0.05) is 29.8 Å². The highest BCUT2D eigenvalue weighted by Gasteiger charge is 2.38. The Morgan fingerprint density at radius 2 is 1.79 bits per heavy atom. The minimum atomic E-state index is -5.08. The predicted molar refractivity (Wildman–Crippen MR) is 63.3 cm³/mol. The van der Waals surface area contributed by atoms with Crippen LogP contribution >= 0.6 is 11.6 Å². The molecule has 0 amide bonds. The highest BCUT2D eigenvalue weighted by atomic mass is 35.5. The molecule has 1 heterocycles. The fourth-order valence-corrected chi connectivity index (χ4v) is 1.29. The summed E-state index contributed by atoms with van der Waals surface area (Å²) in [6.45, 7) is 0. The minimum Gasteiger partial charge on any atom is -0.475 e. The van der Waals surface area contributed by atoms with E-state index in [1.54, 1.807) is 6.07 Å². The third kappa shape index (κ3) is 4.29. The smallest absolute Gasteiger partial charge is 0.475 e. The van der Waals surface area contributed by atoms with Crippen LogP contribution in [0.5, 0.6) is 0 Å². The van der Waals surface area contributed by atoms with Gasteiger partial charge in [-0.2, -0.15) is 13.2 Å². The number of H-pyrrole nitrogens is 1. The van der Waals surface area contributed by atoms with E-state index in [1.807, 2.05) is 24.3 Å². The highest BCUT2D eigenvalue weighted by Crippen LogP contribution is 2.13. The third-order valence-corrected chi connectivity index (χ3v) is 2.23. The number of pyridine rings is 1. The van der Waals surface area contributed by atoms with Gasteiger partial charge in [-0.25, -0.2) is 4.79 Å². The second kappa shape index (κ2) is 5.75. The van der Waals surface area contributed by atoms with Gasteiger partial charge in [-0.3, -0.25) is 4.79 Å². The molecular weight excluding hydrogens is 287 g/mol. The summed E-state index contributed by atoms with van der Waals surface area (Å²) >= 11 is 5.64. The van der Waals surface area contributed by atoms with Crippen LogP contribution in [-0.4, -0.2) is 22.2 Å². The van der Waals surface area contributed by atoms with Crippen molar-refractivity contribution in [3.8, 4) is 0 Å². The number of benzene rings is 1. The number of alkyl halides is 3. The number of para-hydroxylation sites is 1. The van der Waals surface area contributed by atoms with Crippen LogP contribution in [0.15, 0.2) is 35.1 Å². The molecule has 0 radical (unpaired) electrons. The molecule has 0 aliphatic carbocycles. The maximum absolute atomic E-state index is 11.0. The minimum absolute atomic E-state index is 0.230. The van der Waals surface area contributed by atoms with Crippen molar-refractivity contribution in [2.45, 2.75) is 6.18 Å². The number of hydrogen-bond donors (Lipinski definition) is 2. The van der Waals surface area contributed by atoms with Crippen molar-refractivity contribution in [1.82, 2.24) is 4.98 Å². The van der Waals surface area contributed by atoms with E-state index in [2.05, 4.69) is 4.98 Å². The van der Waals surface area contributed by atoms with E-state index < -0.39 is 12.1 Å². The number of fused-ring (bicyclic) bond motifs is 1. The van der Waals surface area contributed by atoms with E-state index in [1.165, 1.54) is 0 Å². The summed E-state index contributed by atoms with van der Waals surface area (Å²) in [4.78, 5) is 22.6. The van der Waals surface area contributed by atoms with Gasteiger partial charge in [0.1, 0.15) is 5.02 Å². The molecular formula is C11H7ClF3NO3. The van der Waals surface area contributed by atoms with E-state index >= 15 is 0 Å². The third-order valence-electron chi connectivity index (χ3n) is 1.95. The molecule has 0 fully saturated rings. The molecule has 102 valence electrons. The van der Waals surface area contributed by atoms with Crippen LogP contribution in [0.4, 0.5) is 13.2 Å². The average Bonchev–Trinajstić information content (AvgIpc) is 2.30. The van der Waals surface area contributed by atoms with Gasteiger partial charge < -0.3 is 10.1 Å². The number of carboxylic acid groups (broad SMARTS) is 1. The molecule has 0 unspecified atom stereocenters. The van der Waals surface area contributed by atoms with E-state index in [0.717, 1.165) is 10.9 Å². The van der Waals surface area contributed by atoms with Crippen molar-refractivity contribution >= 4 is 28.5 Å². The lowest BCUT2D eigenvalue weighted by Gasteiger charge is -1.95. The Kier molecular flexibility index (Phi) is 4.55. The van der Waals surface area contributed by atoms with Gasteiger partial charge in [0.05, 0.1) is 0 Å². The van der Waals surface area contributed by atoms with Crippen molar-refractivity contribution < 1.29 is 23.1 Å². The van der Waals surface area contributed by atoms with Crippen molar-refractivity contribution in [3.05, 3.63) is 45.7 Å². The summed E-state index contributed by atoms with van der Waals surface area (Å²) in [6, 6.07) is 9.17. The maximum Gasteiger partial charge on any atom is 0.490 e. The monoisotopic (exact) mass is 293 g/mol. The Labute approximate surface area is 109 Å². The summed E-state index contributed by atoms with van der Waals surface area (Å²) in [5.41, 5.74) is 0.572. The van der Waals surface area contributed by atoms with Crippen molar-refractivity contribution in [3.63, 3.8) is 0 Å². The Balaban J connectivity index is 0.000000224. The fourth-order valence-electron chi connectivity index (χ4n) is 1.12. The van der Waals surface area contributed by atoms with Gasteiger partial charge >= 0.3 is 12.1 Å². The van der Waals surface area contributed by atoms with E-state index in [4.69, 9.17) is 21.5 Å². The van der Waals surface area contributed by atoms with E-state index in [0.29, 0.717) is 0 Å². The normalized spacial score (nSPS) is 10.7. The van der Waals surface area contributed by atoms with Crippen LogP contribution in [0.25, 0.3) is 10.9 Å². The Bertz CT molecular complexity index is 651. The predicted octanol–water partition coefficient (Wildman–Crippen LogP) is 2.81. The zero-order valence-electron chi connectivity index (χ0n) is 9.16. The summed E-state index contributed by atoms with van der Waals surface area (Å²) in [5.74, 6) is -2.76. The highest BCUT2D eigenvalue weighted by molar-refractivity contribution is 6.31. The lowest BCUT2D eigenvalue weighted by Crippen LogP contribution is -2.21. The molecule has 8 heteroatoms. The number of aliphatic carboxylic acids is 1. The lowest BCUT2D eigenvalue weighted by atomic mass is 10.2. The van der Waals surface area contributed by atoms with E-state index in [9.17, 15) is 18.0 Å². The van der Waals surface area contributed by atoms with Crippen molar-refractivity contribution in [1.29, 1.82) is 0 Å². The average molecular weight is 294 g/mol. The van der Waals surface area contributed by atoms with Crippen LogP contribution in [0.2, 0.25) is 5.02 Å². The number of nitrogens with one attached hydrogen (secondary N) is 1. The number of hydrogen-bond acceptors (Lipinski definition) is 2. The molecule has 19 heavy (non-hydrogen) atoms. The first-order valence-corrected chi connectivity index (χ1v) is 5.17. The molecule has 1 aromatic carbocycles. The van der Waals surface area contributed by atoms with Crippen LogP contribution in [0, 0.1) is 0 Å². The Hall–Kier alpha value is -2.02. The van der Waals surface area contributed by atoms with Gasteiger partial charge in [0, 0.05) is 5.52 Å². The quantitative estimate of drug-likeness (QED) is 0.784. The van der Waals surface area contributed by atoms with Crippen LogP contribution in [0.3, 0.4) is 0 Å². The zero-order valence-corrected chi connectivity index (χ0v) is 9.92. The maximum atomic E-state index is 11.0. The number of aromatic amines is 1. The molecule has 4 nitrogen and oxygen atoms in total. The summed E-state index contributed by atoms with van der Waals surface area (Å²) in [5, 5.41) is 8.30. The van der Waals surface area contributed by atoms with Crippen molar-refractivity contribution in [2.75, 3.05) is 0 Å². The van der Waals surface area contributed by atoms with Crippen LogP contribution in [-0.2, 0) is 4.79 Å². The molecule has 0 aliphatic heterocycles. The number of carbonyl (C=O) groups is 1. The number of aromatic nitrogens is 1. The zero-order chi connectivity index (χ0) is 14.6. The Morgan fingerprint density at radius 1 is 1.26 bits per heavy atom. The number of carboxylic acids is 1. The first kappa shape index (κ1) is 15.0. The molecule has 2 rings (SSSR count). The molecule has 2 aromatic rings. The first-order chi connectivity index (χ1) is 8.71. The second-order valence-electron chi connectivity index (χ2n) is 3.34. The standard InChI is InChI=1S/C9H6ClNO.C2HF3O2/c10-7-5-6-3-1-2-4-8(6)11-9(7)12;3-2(4,5)1(6)7/h1-5H,(H,11,12);(H,6,7). The number of rotatable bonds is 0. The molecule has 0 atom stereocenters.